The molecule has 0 saturated carbocycles. The average Bonchev–Trinajstić information content (AvgIpc) is 2.36. The first-order valence-electron chi connectivity index (χ1n) is 3.19. The van der Waals surface area contributed by atoms with Gasteiger partial charge in [0.15, 0.2) is 0 Å². The van der Waals surface area contributed by atoms with E-state index in [2.05, 4.69) is 0 Å². The molecule has 1 aliphatic heterocycles. The molecule has 0 fully saturated rings. The van der Waals surface area contributed by atoms with Crippen LogP contribution in [0.3, 0.4) is 0 Å². The van der Waals surface area contributed by atoms with Crippen molar-refractivity contribution in [2.45, 2.75) is 0 Å². The number of hydrogen-bond donors (Lipinski definition) is 1. The fraction of sp³-hybridized carbons (Fsp3) is 0. The summed E-state index contributed by atoms with van der Waals surface area (Å²) in [6.45, 7) is 0. The SMILES string of the molecule is [O-][NH+]1C=CC=C2C=CC=C21. The highest BCUT2D eigenvalue weighted by molar-refractivity contribution is 5.47. The smallest absolute Gasteiger partial charge is 0.143 e. The highest BCUT2D eigenvalue weighted by Crippen LogP contribution is 2.14. The second kappa shape index (κ2) is 1.94. The lowest BCUT2D eigenvalue weighted by Gasteiger charge is -2.20. The maximum atomic E-state index is 11.0. The lowest BCUT2D eigenvalue weighted by atomic mass is 10.2. The van der Waals surface area contributed by atoms with Gasteiger partial charge >= 0.3 is 0 Å². The zero-order valence-corrected chi connectivity index (χ0v) is 5.37. The zero-order valence-electron chi connectivity index (χ0n) is 5.37. The van der Waals surface area contributed by atoms with Gasteiger partial charge < -0.3 is 10.3 Å². The minimum atomic E-state index is 0.113. The molecule has 0 aromatic carbocycles. The van der Waals surface area contributed by atoms with Crippen LogP contribution in [-0.2, 0) is 0 Å². The number of nitrogens with one attached hydrogen (secondary N) is 1. The molecule has 2 nitrogen and oxygen atoms in total. The molecule has 1 atom stereocenters. The van der Waals surface area contributed by atoms with Crippen LogP contribution in [0.5, 0.6) is 0 Å². The van der Waals surface area contributed by atoms with Crippen LogP contribution in [0.15, 0.2) is 47.9 Å². The topological polar surface area (TPSA) is 27.5 Å². The standard InChI is InChI=1S/C8H7NO/c10-9-6-2-4-7-3-1-5-8(7)9/h1-6,9H. The van der Waals surface area contributed by atoms with E-state index in [0.29, 0.717) is 0 Å². The predicted molar refractivity (Wildman–Crippen MR) is 38.8 cm³/mol. The van der Waals surface area contributed by atoms with E-state index in [1.54, 1.807) is 12.3 Å². The maximum absolute atomic E-state index is 11.0. The van der Waals surface area contributed by atoms with Crippen molar-refractivity contribution < 1.29 is 5.06 Å². The second-order valence-corrected chi connectivity index (χ2v) is 2.28. The minimum absolute atomic E-state index is 0.113. The summed E-state index contributed by atoms with van der Waals surface area (Å²) < 4.78 is 0. The Kier molecular flexibility index (Phi) is 1.09. The van der Waals surface area contributed by atoms with Crippen LogP contribution < -0.4 is 5.06 Å². The van der Waals surface area contributed by atoms with Crippen molar-refractivity contribution in [1.29, 1.82) is 0 Å². The third kappa shape index (κ3) is 0.667. The fourth-order valence-electron chi connectivity index (χ4n) is 1.13. The molecule has 0 spiro atoms. The molecular formula is C8H7NO. The molecule has 2 heteroatoms. The van der Waals surface area contributed by atoms with Crippen molar-refractivity contribution in [1.82, 2.24) is 0 Å². The fourth-order valence-corrected chi connectivity index (χ4v) is 1.13. The minimum Gasteiger partial charge on any atom is -0.624 e. The van der Waals surface area contributed by atoms with Crippen molar-refractivity contribution >= 4 is 0 Å². The molecule has 1 unspecified atom stereocenters. The van der Waals surface area contributed by atoms with Gasteiger partial charge in [0.1, 0.15) is 5.70 Å². The molecular weight excluding hydrogens is 126 g/mol. The van der Waals surface area contributed by atoms with Crippen LogP contribution in [0.1, 0.15) is 0 Å². The summed E-state index contributed by atoms with van der Waals surface area (Å²) in [5, 5.41) is 11.2. The van der Waals surface area contributed by atoms with Gasteiger partial charge in [-0.1, -0.05) is 6.08 Å². The van der Waals surface area contributed by atoms with E-state index in [-0.39, 0.29) is 5.06 Å². The Bertz CT molecular complexity index is 271. The molecule has 0 saturated heterocycles. The summed E-state index contributed by atoms with van der Waals surface area (Å²) in [4.78, 5) is 0. The van der Waals surface area contributed by atoms with Crippen LogP contribution >= 0.6 is 0 Å². The average molecular weight is 133 g/mol. The van der Waals surface area contributed by atoms with E-state index in [1.807, 2.05) is 24.3 Å². The Hall–Kier alpha value is -1.12. The molecule has 1 N–H and O–H groups in total. The van der Waals surface area contributed by atoms with E-state index in [0.717, 1.165) is 11.3 Å². The maximum Gasteiger partial charge on any atom is 0.143 e. The van der Waals surface area contributed by atoms with Crippen molar-refractivity contribution in [3.8, 4) is 0 Å². The van der Waals surface area contributed by atoms with Crippen LogP contribution in [0.2, 0.25) is 0 Å². The highest BCUT2D eigenvalue weighted by atomic mass is 16.5. The van der Waals surface area contributed by atoms with Crippen molar-refractivity contribution in [2.24, 2.45) is 0 Å². The third-order valence-electron chi connectivity index (χ3n) is 1.64. The number of hydroxylamine groups is 2. The Morgan fingerprint density at radius 3 is 2.90 bits per heavy atom. The van der Waals surface area contributed by atoms with Gasteiger partial charge in [-0.2, -0.15) is 0 Å². The van der Waals surface area contributed by atoms with E-state index in [1.165, 1.54) is 0 Å². The molecule has 0 bridgehead atoms. The number of fused-ring (bicyclic) bond motifs is 1. The van der Waals surface area contributed by atoms with E-state index in [9.17, 15) is 5.21 Å². The van der Waals surface area contributed by atoms with Crippen LogP contribution in [-0.4, -0.2) is 0 Å². The lowest BCUT2D eigenvalue weighted by molar-refractivity contribution is -0.744. The monoisotopic (exact) mass is 133 g/mol. The number of rotatable bonds is 0. The number of hydrogen-bond acceptors (Lipinski definition) is 1. The predicted octanol–water partition coefficient (Wildman–Crippen LogP) is 0.277. The number of allylic oxidation sites excluding steroid dienone is 5. The molecule has 50 valence electrons. The van der Waals surface area contributed by atoms with Crippen LogP contribution in [0, 0.1) is 5.21 Å². The molecule has 0 radical (unpaired) electrons. The van der Waals surface area contributed by atoms with Crippen LogP contribution in [0.25, 0.3) is 0 Å². The van der Waals surface area contributed by atoms with Gasteiger partial charge in [0.25, 0.3) is 0 Å². The normalized spacial score (nSPS) is 27.9. The summed E-state index contributed by atoms with van der Waals surface area (Å²) in [5.41, 5.74) is 1.86. The van der Waals surface area contributed by atoms with Gasteiger partial charge in [-0.3, -0.25) is 0 Å². The van der Waals surface area contributed by atoms with Gasteiger partial charge in [0.05, 0.1) is 6.20 Å². The Morgan fingerprint density at radius 1 is 1.20 bits per heavy atom. The van der Waals surface area contributed by atoms with Gasteiger partial charge in [-0.25, -0.2) is 0 Å². The summed E-state index contributed by atoms with van der Waals surface area (Å²) in [5.74, 6) is 0. The highest BCUT2D eigenvalue weighted by Gasteiger charge is 2.13. The van der Waals surface area contributed by atoms with Crippen LogP contribution in [0.4, 0.5) is 0 Å². The Balaban J connectivity index is 2.45. The summed E-state index contributed by atoms with van der Waals surface area (Å²) >= 11 is 0. The van der Waals surface area contributed by atoms with Crippen molar-refractivity contribution in [3.05, 3.63) is 53.1 Å². The Labute approximate surface area is 59.0 Å². The van der Waals surface area contributed by atoms with Gasteiger partial charge in [-0.05, 0) is 18.2 Å². The molecule has 1 aliphatic carbocycles. The van der Waals surface area contributed by atoms with Gasteiger partial charge in [0.2, 0.25) is 0 Å². The summed E-state index contributed by atoms with van der Waals surface area (Å²) in [7, 11) is 0. The largest absolute Gasteiger partial charge is 0.624 e. The molecule has 1 heterocycles. The quantitative estimate of drug-likeness (QED) is 0.472. The van der Waals surface area contributed by atoms with E-state index >= 15 is 0 Å². The summed E-state index contributed by atoms with van der Waals surface area (Å²) in [6, 6.07) is 0. The summed E-state index contributed by atoms with van der Waals surface area (Å²) in [6.07, 6.45) is 11.0. The number of quaternary nitrogens is 1. The van der Waals surface area contributed by atoms with E-state index < -0.39 is 0 Å². The van der Waals surface area contributed by atoms with Gasteiger partial charge in [-0.15, -0.1) is 0 Å². The molecule has 0 aromatic rings. The van der Waals surface area contributed by atoms with Crippen molar-refractivity contribution in [3.63, 3.8) is 0 Å². The van der Waals surface area contributed by atoms with Crippen molar-refractivity contribution in [2.75, 3.05) is 0 Å². The first-order valence-corrected chi connectivity index (χ1v) is 3.19. The molecule has 2 rings (SSSR count). The Morgan fingerprint density at radius 2 is 2.10 bits per heavy atom. The van der Waals surface area contributed by atoms with Gasteiger partial charge in [0, 0.05) is 11.6 Å². The molecule has 10 heavy (non-hydrogen) atoms. The first-order chi connectivity index (χ1) is 4.88. The first kappa shape index (κ1) is 5.65. The van der Waals surface area contributed by atoms with E-state index in [4.69, 9.17) is 0 Å². The lowest BCUT2D eigenvalue weighted by Crippen LogP contribution is -3.00. The molecule has 0 aromatic heterocycles. The molecule has 2 aliphatic rings. The molecule has 0 amide bonds. The zero-order chi connectivity index (χ0) is 6.97. The third-order valence-corrected chi connectivity index (χ3v) is 1.64. The second-order valence-electron chi connectivity index (χ2n) is 2.28.